The Morgan fingerprint density at radius 1 is 1.32 bits per heavy atom. The van der Waals surface area contributed by atoms with E-state index in [4.69, 9.17) is 4.52 Å². The first-order valence-electron chi connectivity index (χ1n) is 6.44. The summed E-state index contributed by atoms with van der Waals surface area (Å²) in [5.74, 6) is 2.53. The highest BCUT2D eigenvalue weighted by Crippen LogP contribution is 2.09. The molecule has 0 radical (unpaired) electrons. The van der Waals surface area contributed by atoms with Gasteiger partial charge in [0.05, 0.1) is 0 Å². The summed E-state index contributed by atoms with van der Waals surface area (Å²) < 4.78 is 5.16. The number of hydrogen-bond acceptors (Lipinski definition) is 4. The molecule has 110 valence electrons. The summed E-state index contributed by atoms with van der Waals surface area (Å²) in [6.45, 7) is 7.85. The second kappa shape index (κ2) is 9.99. The molecule has 0 aliphatic rings. The van der Waals surface area contributed by atoms with E-state index >= 15 is 0 Å². The molecule has 7 heteroatoms. The van der Waals surface area contributed by atoms with Crippen molar-refractivity contribution in [1.29, 1.82) is 0 Å². The summed E-state index contributed by atoms with van der Waals surface area (Å²) in [6, 6.07) is 0. The molecule has 1 heterocycles. The highest BCUT2D eigenvalue weighted by atomic mass is 127. The van der Waals surface area contributed by atoms with Crippen LogP contribution in [-0.2, 0) is 6.42 Å². The number of aliphatic imine (C=N–C) groups is 1. The number of hydrogen-bond donors (Lipinski definition) is 2. The van der Waals surface area contributed by atoms with Crippen molar-refractivity contribution in [3.8, 4) is 0 Å². The van der Waals surface area contributed by atoms with Crippen LogP contribution < -0.4 is 10.6 Å². The average molecular weight is 381 g/mol. The maximum absolute atomic E-state index is 5.16. The second-order valence-electron chi connectivity index (χ2n) is 4.38. The number of nitrogens with zero attached hydrogens (tertiary/aromatic N) is 3. The van der Waals surface area contributed by atoms with Crippen LogP contribution in [0.1, 0.15) is 44.8 Å². The lowest BCUT2D eigenvalue weighted by molar-refractivity contribution is 0.371. The molecule has 0 aliphatic heterocycles. The van der Waals surface area contributed by atoms with Gasteiger partial charge < -0.3 is 15.2 Å². The van der Waals surface area contributed by atoms with E-state index in [0.717, 1.165) is 31.3 Å². The molecular formula is C12H24IN5O. The van der Waals surface area contributed by atoms with Crippen molar-refractivity contribution >= 4 is 29.9 Å². The zero-order chi connectivity index (χ0) is 13.4. The minimum atomic E-state index is 0. The molecule has 0 bridgehead atoms. The Morgan fingerprint density at radius 3 is 2.53 bits per heavy atom. The summed E-state index contributed by atoms with van der Waals surface area (Å²) in [5, 5.41) is 10.3. The van der Waals surface area contributed by atoms with Gasteiger partial charge in [-0.25, -0.2) is 0 Å². The molecule has 0 aromatic carbocycles. The largest absolute Gasteiger partial charge is 0.356 e. The van der Waals surface area contributed by atoms with Crippen LogP contribution in [0.5, 0.6) is 0 Å². The molecule has 19 heavy (non-hydrogen) atoms. The van der Waals surface area contributed by atoms with Gasteiger partial charge in [-0.15, -0.1) is 24.0 Å². The van der Waals surface area contributed by atoms with Gasteiger partial charge in [0, 0.05) is 32.5 Å². The fraction of sp³-hybridized carbons (Fsp3) is 0.750. The van der Waals surface area contributed by atoms with Crippen molar-refractivity contribution in [2.45, 2.75) is 39.5 Å². The van der Waals surface area contributed by atoms with E-state index in [2.05, 4.69) is 32.7 Å². The van der Waals surface area contributed by atoms with Crippen molar-refractivity contribution in [2.75, 3.05) is 20.1 Å². The topological polar surface area (TPSA) is 75.3 Å². The minimum Gasteiger partial charge on any atom is -0.356 e. The van der Waals surface area contributed by atoms with Crippen LogP contribution in [0.25, 0.3) is 0 Å². The fourth-order valence-corrected chi connectivity index (χ4v) is 1.36. The quantitative estimate of drug-likeness (QED) is 0.448. The zero-order valence-electron chi connectivity index (χ0n) is 12.1. The van der Waals surface area contributed by atoms with Crippen molar-refractivity contribution in [2.24, 2.45) is 4.99 Å². The van der Waals surface area contributed by atoms with Gasteiger partial charge in [-0.3, -0.25) is 4.99 Å². The smallest absolute Gasteiger partial charge is 0.228 e. The van der Waals surface area contributed by atoms with E-state index in [1.54, 1.807) is 7.05 Å². The molecular weight excluding hydrogens is 357 g/mol. The Hall–Kier alpha value is -0.860. The standard InChI is InChI=1S/C12H23N5O.HI/c1-5-7-14-12(13-4)15-8-6-10-16-11(9(2)3)17-18-10;/h9H,5-8H2,1-4H3,(H2,13,14,15);1H. The van der Waals surface area contributed by atoms with E-state index in [-0.39, 0.29) is 24.0 Å². The monoisotopic (exact) mass is 381 g/mol. The molecule has 1 aromatic heterocycles. The predicted molar refractivity (Wildman–Crippen MR) is 87.2 cm³/mol. The Morgan fingerprint density at radius 2 is 2.00 bits per heavy atom. The third kappa shape index (κ3) is 6.74. The number of aromatic nitrogens is 2. The summed E-state index contributed by atoms with van der Waals surface area (Å²) >= 11 is 0. The SMILES string of the molecule is CCCNC(=NC)NCCc1nc(C(C)C)no1.I. The fourth-order valence-electron chi connectivity index (χ4n) is 1.36. The Labute approximate surface area is 131 Å². The lowest BCUT2D eigenvalue weighted by Gasteiger charge is -2.09. The average Bonchev–Trinajstić information content (AvgIpc) is 2.82. The van der Waals surface area contributed by atoms with Crippen LogP contribution in [-0.4, -0.2) is 36.2 Å². The van der Waals surface area contributed by atoms with Gasteiger partial charge in [-0.05, 0) is 6.42 Å². The van der Waals surface area contributed by atoms with Gasteiger partial charge in [-0.2, -0.15) is 4.98 Å². The third-order valence-electron chi connectivity index (χ3n) is 2.40. The maximum atomic E-state index is 5.16. The van der Waals surface area contributed by atoms with Crippen molar-refractivity contribution in [3.63, 3.8) is 0 Å². The van der Waals surface area contributed by atoms with Crippen molar-refractivity contribution < 1.29 is 4.52 Å². The second-order valence-corrected chi connectivity index (χ2v) is 4.38. The molecule has 0 atom stereocenters. The molecule has 0 aliphatic carbocycles. The molecule has 0 amide bonds. The molecule has 1 rings (SSSR count). The van der Waals surface area contributed by atoms with Crippen LogP contribution in [0, 0.1) is 0 Å². The molecule has 0 fully saturated rings. The lowest BCUT2D eigenvalue weighted by Crippen LogP contribution is -2.38. The van der Waals surface area contributed by atoms with Crippen LogP contribution in [0.15, 0.2) is 9.52 Å². The van der Waals surface area contributed by atoms with Crippen LogP contribution in [0.4, 0.5) is 0 Å². The van der Waals surface area contributed by atoms with E-state index < -0.39 is 0 Å². The van der Waals surface area contributed by atoms with Crippen LogP contribution in [0.3, 0.4) is 0 Å². The normalized spacial score (nSPS) is 11.3. The van der Waals surface area contributed by atoms with E-state index in [9.17, 15) is 0 Å². The number of nitrogens with one attached hydrogen (secondary N) is 2. The Bertz CT molecular complexity index is 378. The van der Waals surface area contributed by atoms with Crippen LogP contribution >= 0.6 is 24.0 Å². The van der Waals surface area contributed by atoms with E-state index in [0.29, 0.717) is 18.2 Å². The summed E-state index contributed by atoms with van der Waals surface area (Å²) in [4.78, 5) is 8.43. The molecule has 0 spiro atoms. The highest BCUT2D eigenvalue weighted by Gasteiger charge is 2.09. The number of guanidine groups is 1. The molecule has 1 aromatic rings. The molecule has 0 saturated heterocycles. The molecule has 6 nitrogen and oxygen atoms in total. The summed E-state index contributed by atoms with van der Waals surface area (Å²) in [7, 11) is 1.76. The summed E-state index contributed by atoms with van der Waals surface area (Å²) in [5.41, 5.74) is 0. The third-order valence-corrected chi connectivity index (χ3v) is 2.40. The van der Waals surface area contributed by atoms with E-state index in [1.165, 1.54) is 0 Å². The van der Waals surface area contributed by atoms with Gasteiger partial charge in [0.25, 0.3) is 0 Å². The predicted octanol–water partition coefficient (Wildman–Crippen LogP) is 1.93. The van der Waals surface area contributed by atoms with Crippen LogP contribution in [0.2, 0.25) is 0 Å². The Balaban J connectivity index is 0.00000324. The first-order valence-corrected chi connectivity index (χ1v) is 6.44. The lowest BCUT2D eigenvalue weighted by atomic mass is 10.2. The van der Waals surface area contributed by atoms with Crippen molar-refractivity contribution in [1.82, 2.24) is 20.8 Å². The van der Waals surface area contributed by atoms with Crippen molar-refractivity contribution in [3.05, 3.63) is 11.7 Å². The number of halogens is 1. The van der Waals surface area contributed by atoms with Gasteiger partial charge >= 0.3 is 0 Å². The minimum absolute atomic E-state index is 0. The summed E-state index contributed by atoms with van der Waals surface area (Å²) in [6.07, 6.45) is 1.77. The van der Waals surface area contributed by atoms with Gasteiger partial charge in [0.15, 0.2) is 11.8 Å². The van der Waals surface area contributed by atoms with Gasteiger partial charge in [-0.1, -0.05) is 25.9 Å². The maximum Gasteiger partial charge on any atom is 0.228 e. The first-order chi connectivity index (χ1) is 8.67. The molecule has 0 saturated carbocycles. The molecule has 0 unspecified atom stereocenters. The number of rotatable bonds is 6. The first kappa shape index (κ1) is 18.1. The van der Waals surface area contributed by atoms with Gasteiger partial charge in [0.2, 0.25) is 5.89 Å². The highest BCUT2D eigenvalue weighted by molar-refractivity contribution is 14.0. The Kier molecular flexibility index (Phi) is 9.54. The molecule has 2 N–H and O–H groups in total. The zero-order valence-corrected chi connectivity index (χ0v) is 14.4. The van der Waals surface area contributed by atoms with E-state index in [1.807, 2.05) is 13.8 Å². The van der Waals surface area contributed by atoms with Gasteiger partial charge in [0.1, 0.15) is 0 Å².